The lowest BCUT2D eigenvalue weighted by molar-refractivity contribution is -0.296. The van der Waals surface area contributed by atoms with Crippen molar-refractivity contribution in [2.75, 3.05) is 32.1 Å². The molecular weight excluding hydrogens is 797 g/mol. The molecule has 0 unspecified atom stereocenters. The topological polar surface area (TPSA) is 212 Å². The predicted molar refractivity (Wildman–Crippen MR) is 217 cm³/mol. The van der Waals surface area contributed by atoms with Gasteiger partial charge in [0.2, 0.25) is 0 Å². The van der Waals surface area contributed by atoms with E-state index in [2.05, 4.69) is 10.3 Å². The highest BCUT2D eigenvalue weighted by Gasteiger charge is 2.52. The van der Waals surface area contributed by atoms with E-state index in [1.807, 2.05) is 18.9 Å². The molecule has 3 aliphatic heterocycles. The van der Waals surface area contributed by atoms with Crippen molar-refractivity contribution in [2.45, 2.75) is 148 Å². The van der Waals surface area contributed by atoms with E-state index >= 15 is 0 Å². The average Bonchev–Trinajstić information content (AvgIpc) is 3.84. The van der Waals surface area contributed by atoms with Gasteiger partial charge in [-0.05, 0) is 72.2 Å². The molecule has 17 nitrogen and oxygen atoms in total. The number of benzene rings is 1. The first-order valence-electron chi connectivity index (χ1n) is 21.2. The van der Waals surface area contributed by atoms with Crippen molar-refractivity contribution in [2.24, 2.45) is 23.7 Å². The van der Waals surface area contributed by atoms with Crippen LogP contribution < -0.4 is 4.90 Å². The number of hydrogen-bond acceptors (Lipinski definition) is 15. The maximum atomic E-state index is 14.2. The molecule has 0 saturated carbocycles. The highest BCUT2D eigenvalue weighted by atomic mass is 19.1. The SMILES string of the molecule is CC[C@H]1OC(=O)[C@H](C)C(=O)[C@H](C)[C@@H](O[C@@H]2O[C@H](C)C[C@H](N(C)CCc3cn(C[C@H]4CN(c5cccc(F)c5)C(=O)O4)nn3)[C@H]2O)[C@](C)(OC)C[C@@H](C)C(=O)[C@H](C)[C@@H](O)[C@]1(C)O. The largest absolute Gasteiger partial charge is 0.459 e. The molecule has 2 aromatic rings. The molecule has 61 heavy (non-hydrogen) atoms. The Morgan fingerprint density at radius 2 is 1.74 bits per heavy atom. The number of ketones is 2. The van der Waals surface area contributed by atoms with Gasteiger partial charge in [-0.15, -0.1) is 5.10 Å². The van der Waals surface area contributed by atoms with Crippen molar-refractivity contribution in [3.63, 3.8) is 0 Å². The Bertz CT molecular complexity index is 1860. The normalized spacial score (nSPS) is 37.1. The van der Waals surface area contributed by atoms with Crippen LogP contribution in [0.4, 0.5) is 14.9 Å². The van der Waals surface area contributed by atoms with Gasteiger partial charge in [0.05, 0.1) is 48.4 Å². The van der Waals surface area contributed by atoms with Gasteiger partial charge in [-0.3, -0.25) is 19.3 Å². The minimum absolute atomic E-state index is 0.0245. The molecule has 3 N–H and O–H groups in total. The van der Waals surface area contributed by atoms with E-state index in [-0.39, 0.29) is 31.7 Å². The van der Waals surface area contributed by atoms with Gasteiger partial charge in [0.1, 0.15) is 41.4 Å². The fraction of sp³-hybridized carbons (Fsp3) is 0.721. The van der Waals surface area contributed by atoms with Crippen molar-refractivity contribution < 1.29 is 62.6 Å². The maximum absolute atomic E-state index is 14.2. The number of methoxy groups -OCH3 is 1. The fourth-order valence-corrected chi connectivity index (χ4v) is 9.04. The highest BCUT2D eigenvalue weighted by molar-refractivity contribution is 6.00. The fourth-order valence-electron chi connectivity index (χ4n) is 9.04. The van der Waals surface area contributed by atoms with Crippen molar-refractivity contribution in [3.05, 3.63) is 42.0 Å². The van der Waals surface area contributed by atoms with Gasteiger partial charge < -0.3 is 43.9 Å². The smallest absolute Gasteiger partial charge is 0.414 e. The van der Waals surface area contributed by atoms with Gasteiger partial charge in [0.15, 0.2) is 12.1 Å². The number of aliphatic hydroxyl groups excluding tert-OH is 2. The molecule has 340 valence electrons. The summed E-state index contributed by atoms with van der Waals surface area (Å²) in [4.78, 5) is 57.4. The molecular formula is C43H64FN5O12. The second-order valence-corrected chi connectivity index (χ2v) is 17.7. The monoisotopic (exact) mass is 861 g/mol. The quantitative estimate of drug-likeness (QED) is 0.219. The van der Waals surface area contributed by atoms with Gasteiger partial charge in [-0.25, -0.2) is 13.9 Å². The summed E-state index contributed by atoms with van der Waals surface area (Å²) in [6.07, 6.45) is -5.12. The Kier molecular flexibility index (Phi) is 15.5. The van der Waals surface area contributed by atoms with Gasteiger partial charge >= 0.3 is 12.1 Å². The van der Waals surface area contributed by atoms with Crippen LogP contribution in [0.5, 0.6) is 0 Å². The van der Waals surface area contributed by atoms with E-state index in [4.69, 9.17) is 23.7 Å². The van der Waals surface area contributed by atoms with Crippen LogP contribution in [0.15, 0.2) is 30.5 Å². The summed E-state index contributed by atoms with van der Waals surface area (Å²) in [5.74, 6) is -6.44. The summed E-state index contributed by atoms with van der Waals surface area (Å²) in [6.45, 7) is 13.6. The standard InChI is InChI=1S/C43H64FN5O12/c1-11-33-43(8,56)37(53)25(4)34(50)23(2)19-42(7,57-10)38(26(5)35(51)27(6)39(54)60-33)61-40-36(52)32(17-24(3)58-40)47(9)16-15-29-20-48(46-45-29)21-31-22-49(41(55)59-31)30-14-12-13-28(44)18-30/h12-14,18,20,23-27,31-33,36-38,40,52-53,56H,11,15-17,19,21-22H2,1-10H3/t23-,24-,25+,26+,27-,31+,32+,33-,36-,37-,38-,40+,42-,43-/m1/s1. The zero-order chi connectivity index (χ0) is 45.1. The first kappa shape index (κ1) is 48.1. The number of nitrogens with zero attached hydrogens (tertiary/aromatic N) is 5. The molecule has 3 aliphatic rings. The summed E-state index contributed by atoms with van der Waals surface area (Å²) in [6, 6.07) is 5.26. The third-order valence-electron chi connectivity index (χ3n) is 12.9. The summed E-state index contributed by atoms with van der Waals surface area (Å²) in [5.41, 5.74) is -2.29. The number of carbonyl (C=O) groups excluding carboxylic acids is 4. The van der Waals surface area contributed by atoms with Crippen LogP contribution in [0.3, 0.4) is 0 Å². The van der Waals surface area contributed by atoms with E-state index in [1.165, 1.54) is 51.0 Å². The number of hydrogen-bond donors (Lipinski definition) is 3. The lowest BCUT2D eigenvalue weighted by atomic mass is 9.74. The second kappa shape index (κ2) is 19.6. The minimum Gasteiger partial charge on any atom is -0.459 e. The zero-order valence-corrected chi connectivity index (χ0v) is 36.9. The molecule has 0 radical (unpaired) electrons. The molecule has 1 aromatic heterocycles. The lowest BCUT2D eigenvalue weighted by Crippen LogP contribution is -2.60. The first-order chi connectivity index (χ1) is 28.6. The van der Waals surface area contributed by atoms with Crippen molar-refractivity contribution in [3.8, 4) is 0 Å². The number of likely N-dealkylation sites (N-methyl/N-ethyl adjacent to an activating group) is 1. The summed E-state index contributed by atoms with van der Waals surface area (Å²) < 4.78 is 45.4. The third-order valence-corrected chi connectivity index (χ3v) is 12.9. The number of anilines is 1. The third kappa shape index (κ3) is 10.7. The number of amides is 1. The van der Waals surface area contributed by atoms with Gasteiger partial charge in [-0.2, -0.15) is 0 Å². The Morgan fingerprint density at radius 1 is 1.03 bits per heavy atom. The van der Waals surface area contributed by atoms with E-state index in [9.17, 15) is 38.9 Å². The molecule has 0 bridgehead atoms. The molecule has 18 heteroatoms. The minimum atomic E-state index is -2.00. The summed E-state index contributed by atoms with van der Waals surface area (Å²) >= 11 is 0. The predicted octanol–water partition coefficient (Wildman–Crippen LogP) is 3.09. The summed E-state index contributed by atoms with van der Waals surface area (Å²) in [7, 11) is 3.28. The first-order valence-corrected chi connectivity index (χ1v) is 21.2. The van der Waals surface area contributed by atoms with Crippen LogP contribution in [0, 0.1) is 29.5 Å². The van der Waals surface area contributed by atoms with Crippen molar-refractivity contribution in [1.82, 2.24) is 19.9 Å². The number of cyclic esters (lactones) is 2. The maximum Gasteiger partial charge on any atom is 0.414 e. The number of Topliss-reactive ketones (excluding diaryl/α,β-unsaturated/α-hetero) is 2. The zero-order valence-electron chi connectivity index (χ0n) is 36.9. The lowest BCUT2D eigenvalue weighted by Gasteiger charge is -2.47. The van der Waals surface area contributed by atoms with Crippen LogP contribution in [0.25, 0.3) is 0 Å². The van der Waals surface area contributed by atoms with Gasteiger partial charge in [0.25, 0.3) is 0 Å². The number of ether oxygens (including phenoxy) is 5. The molecule has 1 aromatic carbocycles. The Balaban J connectivity index is 1.30. The van der Waals surface area contributed by atoms with E-state index in [0.29, 0.717) is 30.8 Å². The number of carbonyl (C=O) groups is 4. The number of rotatable bonds is 11. The van der Waals surface area contributed by atoms with Crippen LogP contribution in [-0.2, 0) is 51.0 Å². The number of aliphatic hydroxyl groups is 3. The number of aromatic nitrogens is 3. The Hall–Kier alpha value is -3.91. The number of esters is 1. The molecule has 3 fully saturated rings. The number of halogens is 1. The Morgan fingerprint density at radius 3 is 2.39 bits per heavy atom. The van der Waals surface area contributed by atoms with Crippen molar-refractivity contribution >= 4 is 29.3 Å². The van der Waals surface area contributed by atoms with Gasteiger partial charge in [-0.1, -0.05) is 39.0 Å². The summed E-state index contributed by atoms with van der Waals surface area (Å²) in [5, 5.41) is 43.1. The molecule has 4 heterocycles. The highest BCUT2D eigenvalue weighted by Crippen LogP contribution is 2.38. The van der Waals surface area contributed by atoms with Crippen LogP contribution in [0.2, 0.25) is 0 Å². The van der Waals surface area contributed by atoms with E-state index in [0.717, 1.165) is 0 Å². The molecule has 1 amide bonds. The molecule has 14 atom stereocenters. The molecule has 3 saturated heterocycles. The van der Waals surface area contributed by atoms with Crippen LogP contribution >= 0.6 is 0 Å². The van der Waals surface area contributed by atoms with Crippen LogP contribution in [0.1, 0.15) is 80.3 Å². The molecule has 0 spiro atoms. The molecule has 5 rings (SSSR count). The van der Waals surface area contributed by atoms with Crippen LogP contribution in [-0.4, -0.2) is 146 Å². The second-order valence-electron chi connectivity index (χ2n) is 17.7. The molecule has 0 aliphatic carbocycles. The van der Waals surface area contributed by atoms with Gasteiger partial charge in [0, 0.05) is 50.1 Å². The Labute approximate surface area is 356 Å². The van der Waals surface area contributed by atoms with Crippen molar-refractivity contribution in [1.29, 1.82) is 0 Å². The average molecular weight is 862 g/mol. The van der Waals surface area contributed by atoms with E-state index < -0.39 is 107 Å². The van der Waals surface area contributed by atoms with E-state index in [1.54, 1.807) is 44.6 Å².